The molecule has 1 aliphatic rings. The normalized spacial score (nSPS) is 17.5. The first-order chi connectivity index (χ1) is 15.9. The van der Waals surface area contributed by atoms with E-state index < -0.39 is 11.9 Å². The zero-order chi connectivity index (χ0) is 23.6. The van der Waals surface area contributed by atoms with Gasteiger partial charge in [0.1, 0.15) is 12.4 Å². The number of hydrogen-bond acceptors (Lipinski definition) is 5. The van der Waals surface area contributed by atoms with Gasteiger partial charge < -0.3 is 14.2 Å². The molecule has 1 saturated carbocycles. The van der Waals surface area contributed by atoms with Crippen LogP contribution in [-0.2, 0) is 19.0 Å². The number of nitrogens with zero attached hydrogens (tertiary/aromatic N) is 1. The van der Waals surface area contributed by atoms with Crippen molar-refractivity contribution in [2.75, 3.05) is 24.7 Å². The second kappa shape index (κ2) is 14.7. The van der Waals surface area contributed by atoms with Crippen LogP contribution in [0.15, 0.2) is 54.6 Å². The molecular weight excluding hydrogens is 465 g/mol. The Morgan fingerprint density at radius 2 is 1.56 bits per heavy atom. The van der Waals surface area contributed by atoms with E-state index in [0.717, 1.165) is 25.7 Å². The van der Waals surface area contributed by atoms with E-state index in [9.17, 15) is 14.0 Å². The maximum absolute atomic E-state index is 13.8. The van der Waals surface area contributed by atoms with Crippen LogP contribution in [0, 0.1) is 17.7 Å². The summed E-state index contributed by atoms with van der Waals surface area (Å²) >= 11 is 0. The van der Waals surface area contributed by atoms with Gasteiger partial charge in [0, 0.05) is 0 Å². The second-order valence-corrected chi connectivity index (χ2v) is 8.67. The van der Waals surface area contributed by atoms with E-state index in [0.29, 0.717) is 30.5 Å². The molecule has 0 unspecified atom stereocenters. The van der Waals surface area contributed by atoms with Crippen molar-refractivity contribution in [3.05, 3.63) is 60.4 Å². The van der Waals surface area contributed by atoms with Crippen molar-refractivity contribution in [3.8, 4) is 0 Å². The number of carbonyl (C=O) groups excluding carboxylic acids is 2. The summed E-state index contributed by atoms with van der Waals surface area (Å²) in [6, 6.07) is 15.0. The number of anilines is 2. The summed E-state index contributed by atoms with van der Waals surface area (Å²) in [4.78, 5) is 25.9. The van der Waals surface area contributed by atoms with Crippen molar-refractivity contribution in [1.82, 2.24) is 0 Å². The Morgan fingerprint density at radius 3 is 2.18 bits per heavy atom. The fourth-order valence-electron chi connectivity index (χ4n) is 3.98. The number of halogens is 1. The Balaban J connectivity index is 0.00000408. The predicted octanol–water partition coefficient (Wildman–Crippen LogP) is 4.96. The van der Waals surface area contributed by atoms with E-state index in [1.54, 1.807) is 24.3 Å². The fraction of sp³-hybridized carbons (Fsp3) is 0.462. The SMILES string of the molecule is CC(C)OC(=O)COCC1CCC(COC(=O)N(c2ccccc2)c2cccc(F)c2)CC1.[CaH2]. The average molecular weight is 500 g/mol. The van der Waals surface area contributed by atoms with Crippen LogP contribution >= 0.6 is 0 Å². The number of para-hydroxylation sites is 1. The fourth-order valence-corrected chi connectivity index (χ4v) is 3.98. The molecule has 0 radical (unpaired) electrons. The Morgan fingerprint density at radius 1 is 0.941 bits per heavy atom. The predicted molar refractivity (Wildman–Crippen MR) is 132 cm³/mol. The zero-order valence-corrected chi connectivity index (χ0v) is 19.2. The van der Waals surface area contributed by atoms with Crippen molar-refractivity contribution < 1.29 is 28.2 Å². The third kappa shape index (κ3) is 9.17. The van der Waals surface area contributed by atoms with Gasteiger partial charge >= 0.3 is 49.8 Å². The first-order valence-electron chi connectivity index (χ1n) is 11.5. The van der Waals surface area contributed by atoms with Gasteiger partial charge in [-0.1, -0.05) is 24.3 Å². The summed E-state index contributed by atoms with van der Waals surface area (Å²) < 4.78 is 30.0. The molecule has 2 aromatic rings. The number of amides is 1. The van der Waals surface area contributed by atoms with Gasteiger partial charge in [-0.05, 0) is 81.7 Å². The monoisotopic (exact) mass is 499 g/mol. The molecule has 0 aliphatic heterocycles. The van der Waals surface area contributed by atoms with Crippen molar-refractivity contribution in [2.24, 2.45) is 11.8 Å². The maximum atomic E-state index is 13.8. The summed E-state index contributed by atoms with van der Waals surface area (Å²) in [5.41, 5.74) is 1.04. The molecule has 1 aliphatic carbocycles. The quantitative estimate of drug-likeness (QED) is 0.361. The van der Waals surface area contributed by atoms with E-state index in [1.807, 2.05) is 32.0 Å². The standard InChI is InChI=1S/C26H32FNO5.Ca.2H/c1-19(2)33-25(29)18-31-16-20-11-13-21(14-12-20)17-32-26(30)28(23-8-4-3-5-9-23)24-10-6-7-22(27)15-24;;;/h3-10,15,19-21H,11-14,16-18H2,1-2H3;;;. The molecule has 0 N–H and O–H groups in total. The van der Waals surface area contributed by atoms with E-state index >= 15 is 0 Å². The number of ether oxygens (including phenoxy) is 3. The number of carbonyl (C=O) groups is 2. The molecule has 6 nitrogen and oxygen atoms in total. The van der Waals surface area contributed by atoms with E-state index in [2.05, 4.69) is 0 Å². The van der Waals surface area contributed by atoms with Gasteiger partial charge in [-0.25, -0.2) is 18.9 Å². The summed E-state index contributed by atoms with van der Waals surface area (Å²) in [5, 5.41) is 0. The van der Waals surface area contributed by atoms with Crippen LogP contribution in [0.4, 0.5) is 20.6 Å². The van der Waals surface area contributed by atoms with Crippen LogP contribution in [0.3, 0.4) is 0 Å². The summed E-state index contributed by atoms with van der Waals surface area (Å²) in [7, 11) is 0. The molecule has 0 atom stereocenters. The van der Waals surface area contributed by atoms with Crippen LogP contribution < -0.4 is 4.90 Å². The van der Waals surface area contributed by atoms with Crippen LogP contribution in [0.1, 0.15) is 39.5 Å². The molecule has 2 aromatic carbocycles. The van der Waals surface area contributed by atoms with Gasteiger partial charge in [0.05, 0.1) is 30.7 Å². The minimum absolute atomic E-state index is 0. The van der Waals surface area contributed by atoms with Gasteiger partial charge in [0.25, 0.3) is 0 Å². The molecule has 34 heavy (non-hydrogen) atoms. The molecule has 182 valence electrons. The van der Waals surface area contributed by atoms with Crippen molar-refractivity contribution in [2.45, 2.75) is 45.6 Å². The summed E-state index contributed by atoms with van der Waals surface area (Å²) in [6.07, 6.45) is 3.08. The third-order valence-electron chi connectivity index (χ3n) is 5.61. The van der Waals surface area contributed by atoms with Crippen LogP contribution in [0.2, 0.25) is 0 Å². The van der Waals surface area contributed by atoms with Gasteiger partial charge in [-0.2, -0.15) is 0 Å². The molecular formula is C26H34CaFNO5. The molecule has 0 heterocycles. The van der Waals surface area contributed by atoms with E-state index in [1.165, 1.54) is 17.0 Å². The first-order valence-corrected chi connectivity index (χ1v) is 11.5. The molecule has 3 rings (SSSR count). The number of esters is 1. The van der Waals surface area contributed by atoms with Gasteiger partial charge in [-0.3, -0.25) is 0 Å². The van der Waals surface area contributed by atoms with Crippen molar-refractivity contribution in [1.29, 1.82) is 0 Å². The summed E-state index contributed by atoms with van der Waals surface area (Å²) in [6.45, 7) is 4.43. The Labute approximate surface area is 230 Å². The first kappa shape index (κ1) is 28.6. The number of rotatable bonds is 9. The summed E-state index contributed by atoms with van der Waals surface area (Å²) in [5.74, 6) is -0.107. The molecule has 0 bridgehead atoms. The average Bonchev–Trinajstić information content (AvgIpc) is 2.79. The van der Waals surface area contributed by atoms with Crippen molar-refractivity contribution in [3.63, 3.8) is 0 Å². The Hall–Kier alpha value is -1.67. The number of benzene rings is 2. The van der Waals surface area contributed by atoms with Crippen LogP contribution in [0.25, 0.3) is 0 Å². The molecule has 0 saturated heterocycles. The molecule has 8 heteroatoms. The Kier molecular flexibility index (Phi) is 12.3. The van der Waals surface area contributed by atoms with E-state index in [4.69, 9.17) is 14.2 Å². The minimum atomic E-state index is -0.527. The molecule has 0 aromatic heterocycles. The van der Waals surface area contributed by atoms with Gasteiger partial charge in [0.15, 0.2) is 0 Å². The van der Waals surface area contributed by atoms with Gasteiger partial charge in [0.2, 0.25) is 0 Å². The van der Waals surface area contributed by atoms with Crippen LogP contribution in [0.5, 0.6) is 0 Å². The molecule has 1 fully saturated rings. The molecule has 1 amide bonds. The third-order valence-corrected chi connectivity index (χ3v) is 5.61. The van der Waals surface area contributed by atoms with Crippen LogP contribution in [-0.4, -0.2) is 75.7 Å². The number of hydrogen-bond donors (Lipinski definition) is 0. The topological polar surface area (TPSA) is 65.1 Å². The van der Waals surface area contributed by atoms with E-state index in [-0.39, 0.29) is 62.3 Å². The van der Waals surface area contributed by atoms with Gasteiger partial charge in [-0.15, -0.1) is 0 Å². The molecule has 0 spiro atoms. The zero-order valence-electron chi connectivity index (χ0n) is 19.2. The second-order valence-electron chi connectivity index (χ2n) is 8.67. The van der Waals surface area contributed by atoms with Crippen molar-refractivity contribution >= 4 is 61.2 Å². The Bertz CT molecular complexity index is 903.